The number of benzene rings is 1. The highest BCUT2D eigenvalue weighted by molar-refractivity contribution is 8.14. The van der Waals surface area contributed by atoms with E-state index >= 15 is 0 Å². The minimum Gasteiger partial charge on any atom is -0.303 e. The molecule has 0 aromatic heterocycles. The topological polar surface area (TPSA) is 20.3 Å². The van der Waals surface area contributed by atoms with Crippen LogP contribution in [0.4, 0.5) is 0 Å². The number of rotatable bonds is 4. The van der Waals surface area contributed by atoms with Gasteiger partial charge in [0, 0.05) is 17.9 Å². The first-order valence-electron chi connectivity index (χ1n) is 5.81. The third-order valence-corrected chi connectivity index (χ3v) is 3.73. The Morgan fingerprint density at radius 2 is 1.88 bits per heavy atom. The highest BCUT2D eigenvalue weighted by Gasteiger charge is 2.12. The van der Waals surface area contributed by atoms with Crippen molar-refractivity contribution in [1.82, 2.24) is 4.90 Å². The second-order valence-corrected chi connectivity index (χ2v) is 5.12. The molecule has 2 nitrogen and oxygen atoms in total. The molecule has 0 saturated carbocycles. The first-order valence-corrected chi connectivity index (χ1v) is 6.79. The molecule has 1 aliphatic heterocycles. The molecular weight excluding hydrogens is 218 g/mol. The van der Waals surface area contributed by atoms with E-state index in [2.05, 4.69) is 4.90 Å². The van der Waals surface area contributed by atoms with Gasteiger partial charge in [-0.15, -0.1) is 0 Å². The molecule has 0 aliphatic carbocycles. The van der Waals surface area contributed by atoms with Gasteiger partial charge in [-0.3, -0.25) is 4.79 Å². The molecule has 1 saturated heterocycles. The maximum Gasteiger partial charge on any atom is 0.219 e. The Labute approximate surface area is 101 Å². The van der Waals surface area contributed by atoms with Crippen LogP contribution in [0.25, 0.3) is 0 Å². The number of hydrogen-bond donors (Lipinski definition) is 0. The van der Waals surface area contributed by atoms with Gasteiger partial charge in [-0.2, -0.15) is 0 Å². The Bertz CT molecular complexity index is 333. The molecule has 0 atom stereocenters. The largest absolute Gasteiger partial charge is 0.303 e. The van der Waals surface area contributed by atoms with Crippen molar-refractivity contribution in [2.75, 3.05) is 25.4 Å². The highest BCUT2D eigenvalue weighted by Crippen LogP contribution is 2.14. The van der Waals surface area contributed by atoms with E-state index in [1.54, 1.807) is 0 Å². The first kappa shape index (κ1) is 11.7. The lowest BCUT2D eigenvalue weighted by molar-refractivity contribution is 0.108. The molecule has 1 fully saturated rings. The third-order valence-electron chi connectivity index (χ3n) is 2.85. The van der Waals surface area contributed by atoms with Crippen LogP contribution in [0.1, 0.15) is 23.2 Å². The van der Waals surface area contributed by atoms with Gasteiger partial charge in [0.1, 0.15) is 0 Å². The van der Waals surface area contributed by atoms with Crippen LogP contribution in [0.5, 0.6) is 0 Å². The molecule has 0 bridgehead atoms. The normalized spacial score (nSPS) is 16.5. The predicted octanol–water partition coefficient (Wildman–Crippen LogP) is 2.66. The second kappa shape index (κ2) is 6.06. The van der Waals surface area contributed by atoms with Gasteiger partial charge in [-0.1, -0.05) is 42.1 Å². The van der Waals surface area contributed by atoms with Crippen LogP contribution >= 0.6 is 11.8 Å². The van der Waals surface area contributed by atoms with Crippen LogP contribution in [0.15, 0.2) is 30.3 Å². The molecule has 1 aromatic carbocycles. The summed E-state index contributed by atoms with van der Waals surface area (Å²) in [5.74, 6) is 0.910. The Hall–Kier alpha value is -0.800. The van der Waals surface area contributed by atoms with E-state index in [9.17, 15) is 4.79 Å². The summed E-state index contributed by atoms with van der Waals surface area (Å²) >= 11 is 1.44. The Morgan fingerprint density at radius 1 is 1.19 bits per heavy atom. The average molecular weight is 235 g/mol. The van der Waals surface area contributed by atoms with Gasteiger partial charge >= 0.3 is 0 Å². The number of likely N-dealkylation sites (tertiary alicyclic amines) is 1. The number of carbonyl (C=O) groups is 1. The van der Waals surface area contributed by atoms with Crippen molar-refractivity contribution in [3.63, 3.8) is 0 Å². The van der Waals surface area contributed by atoms with Crippen LogP contribution in [-0.2, 0) is 0 Å². The fourth-order valence-corrected chi connectivity index (χ4v) is 2.77. The van der Waals surface area contributed by atoms with Crippen molar-refractivity contribution in [3.05, 3.63) is 35.9 Å². The molecule has 0 amide bonds. The number of hydrogen-bond acceptors (Lipinski definition) is 3. The minimum atomic E-state index is 0.194. The highest BCUT2D eigenvalue weighted by atomic mass is 32.2. The van der Waals surface area contributed by atoms with Crippen molar-refractivity contribution in [1.29, 1.82) is 0 Å². The summed E-state index contributed by atoms with van der Waals surface area (Å²) in [5.41, 5.74) is 0.814. The van der Waals surface area contributed by atoms with E-state index in [4.69, 9.17) is 0 Å². The molecule has 0 spiro atoms. The number of nitrogens with zero attached hydrogens (tertiary/aromatic N) is 1. The molecule has 16 heavy (non-hydrogen) atoms. The van der Waals surface area contributed by atoms with Crippen LogP contribution in [0.3, 0.4) is 0 Å². The zero-order valence-electron chi connectivity index (χ0n) is 9.39. The van der Waals surface area contributed by atoms with Gasteiger partial charge < -0.3 is 4.90 Å². The number of thioether (sulfide) groups is 1. The lowest BCUT2D eigenvalue weighted by Crippen LogP contribution is -2.22. The Kier molecular flexibility index (Phi) is 4.43. The monoisotopic (exact) mass is 235 g/mol. The van der Waals surface area contributed by atoms with E-state index in [-0.39, 0.29) is 5.12 Å². The number of carbonyl (C=O) groups excluding carboxylic acids is 1. The standard InChI is InChI=1S/C13H17NOS/c15-13(12-6-2-1-3-7-12)16-11-10-14-8-4-5-9-14/h1-3,6-7H,4-5,8-11H2. The summed E-state index contributed by atoms with van der Waals surface area (Å²) in [5, 5.41) is 0.194. The van der Waals surface area contributed by atoms with Gasteiger partial charge in [0.25, 0.3) is 0 Å². The van der Waals surface area contributed by atoms with Crippen LogP contribution in [0, 0.1) is 0 Å². The zero-order chi connectivity index (χ0) is 11.2. The van der Waals surface area contributed by atoms with Crippen molar-refractivity contribution in [3.8, 4) is 0 Å². The maximum atomic E-state index is 11.8. The molecule has 1 aliphatic rings. The Morgan fingerprint density at radius 3 is 2.56 bits per heavy atom. The molecule has 3 heteroatoms. The summed E-state index contributed by atoms with van der Waals surface area (Å²) in [6.07, 6.45) is 2.63. The predicted molar refractivity (Wildman–Crippen MR) is 68.9 cm³/mol. The quantitative estimate of drug-likeness (QED) is 0.800. The van der Waals surface area contributed by atoms with E-state index in [0.717, 1.165) is 17.9 Å². The SMILES string of the molecule is O=C(SCCN1CCCC1)c1ccccc1. The molecule has 1 heterocycles. The fourth-order valence-electron chi connectivity index (χ4n) is 1.93. The fraction of sp³-hybridized carbons (Fsp3) is 0.462. The van der Waals surface area contributed by atoms with Gasteiger partial charge in [-0.25, -0.2) is 0 Å². The van der Waals surface area contributed by atoms with E-state index in [1.807, 2.05) is 30.3 Å². The van der Waals surface area contributed by atoms with Gasteiger partial charge in [0.15, 0.2) is 0 Å². The van der Waals surface area contributed by atoms with E-state index in [0.29, 0.717) is 0 Å². The van der Waals surface area contributed by atoms with Crippen LogP contribution in [-0.4, -0.2) is 35.4 Å². The summed E-state index contributed by atoms with van der Waals surface area (Å²) in [6.45, 7) is 3.46. The van der Waals surface area contributed by atoms with Crippen LogP contribution < -0.4 is 0 Å². The average Bonchev–Trinajstić information content (AvgIpc) is 2.83. The summed E-state index contributed by atoms with van der Waals surface area (Å²) in [6, 6.07) is 9.52. The first-order chi connectivity index (χ1) is 7.86. The zero-order valence-corrected chi connectivity index (χ0v) is 10.2. The summed E-state index contributed by atoms with van der Waals surface area (Å²) in [7, 11) is 0. The van der Waals surface area contributed by atoms with E-state index in [1.165, 1.54) is 37.7 Å². The Balaban J connectivity index is 1.71. The van der Waals surface area contributed by atoms with Crippen molar-refractivity contribution >= 4 is 16.9 Å². The van der Waals surface area contributed by atoms with Crippen molar-refractivity contribution in [2.24, 2.45) is 0 Å². The molecule has 86 valence electrons. The van der Waals surface area contributed by atoms with Gasteiger partial charge in [0.2, 0.25) is 5.12 Å². The maximum absolute atomic E-state index is 11.8. The van der Waals surface area contributed by atoms with E-state index < -0.39 is 0 Å². The molecule has 1 aromatic rings. The minimum absolute atomic E-state index is 0.194. The molecule has 0 unspecified atom stereocenters. The second-order valence-electron chi connectivity index (χ2n) is 4.05. The lowest BCUT2D eigenvalue weighted by atomic mass is 10.2. The molecular formula is C13H17NOS. The van der Waals surface area contributed by atoms with Gasteiger partial charge in [0.05, 0.1) is 0 Å². The van der Waals surface area contributed by atoms with Crippen molar-refractivity contribution < 1.29 is 4.79 Å². The summed E-state index contributed by atoms with van der Waals surface area (Å²) in [4.78, 5) is 14.2. The van der Waals surface area contributed by atoms with Gasteiger partial charge in [-0.05, 0) is 25.9 Å². The smallest absolute Gasteiger partial charge is 0.219 e. The van der Waals surface area contributed by atoms with Crippen molar-refractivity contribution in [2.45, 2.75) is 12.8 Å². The van der Waals surface area contributed by atoms with Crippen LogP contribution in [0.2, 0.25) is 0 Å². The third kappa shape index (κ3) is 3.35. The summed E-state index contributed by atoms with van der Waals surface area (Å²) < 4.78 is 0. The molecule has 2 rings (SSSR count). The molecule has 0 N–H and O–H groups in total. The molecule has 0 radical (unpaired) electrons. The lowest BCUT2D eigenvalue weighted by Gasteiger charge is -2.13.